The predicted octanol–water partition coefficient (Wildman–Crippen LogP) is 2.62. The standard InChI is InChI=1S/C14H10N4O4S/c19-13(8-22-10-4-1-3-9(7-10)18(20)21)15-11-5-2-6-12-14(11)17-23-16-12/h1-7H,8H2,(H,15,19). The number of nitrogens with zero attached hydrogens (tertiary/aromatic N) is 3. The van der Waals surface area contributed by atoms with Gasteiger partial charge in [-0.1, -0.05) is 12.1 Å². The smallest absolute Gasteiger partial charge is 0.273 e. The van der Waals surface area contributed by atoms with E-state index in [2.05, 4.69) is 14.1 Å². The Balaban J connectivity index is 1.65. The number of fused-ring (bicyclic) bond motifs is 1. The number of rotatable bonds is 5. The van der Waals surface area contributed by atoms with E-state index in [0.717, 1.165) is 11.7 Å². The molecule has 23 heavy (non-hydrogen) atoms. The predicted molar refractivity (Wildman–Crippen MR) is 84.6 cm³/mol. The number of nitro benzene ring substituents is 1. The number of nitrogens with one attached hydrogen (secondary N) is 1. The molecule has 0 aliphatic rings. The van der Waals surface area contributed by atoms with Crippen molar-refractivity contribution in [1.82, 2.24) is 8.75 Å². The second-order valence-electron chi connectivity index (χ2n) is 4.53. The molecule has 8 nitrogen and oxygen atoms in total. The van der Waals surface area contributed by atoms with Crippen LogP contribution in [0.2, 0.25) is 0 Å². The summed E-state index contributed by atoms with van der Waals surface area (Å²) in [7, 11) is 0. The maximum Gasteiger partial charge on any atom is 0.273 e. The number of ether oxygens (including phenoxy) is 1. The Labute approximate surface area is 134 Å². The van der Waals surface area contributed by atoms with Crippen LogP contribution in [0.4, 0.5) is 11.4 Å². The van der Waals surface area contributed by atoms with Gasteiger partial charge in [0.25, 0.3) is 11.6 Å². The fourth-order valence-electron chi connectivity index (χ4n) is 1.93. The van der Waals surface area contributed by atoms with E-state index < -0.39 is 10.8 Å². The number of hydrogen-bond donors (Lipinski definition) is 1. The molecule has 0 spiro atoms. The van der Waals surface area contributed by atoms with Gasteiger partial charge in [-0.3, -0.25) is 14.9 Å². The zero-order valence-corrected chi connectivity index (χ0v) is 12.4. The zero-order chi connectivity index (χ0) is 16.2. The Morgan fingerprint density at radius 1 is 1.26 bits per heavy atom. The highest BCUT2D eigenvalue weighted by molar-refractivity contribution is 7.00. The molecule has 0 atom stereocenters. The third-order valence-electron chi connectivity index (χ3n) is 2.96. The lowest BCUT2D eigenvalue weighted by atomic mass is 10.2. The van der Waals surface area contributed by atoms with Crippen molar-refractivity contribution in [1.29, 1.82) is 0 Å². The molecule has 0 saturated carbocycles. The molecule has 1 N–H and O–H groups in total. The normalized spacial score (nSPS) is 10.4. The lowest BCUT2D eigenvalue weighted by Gasteiger charge is -2.07. The topological polar surface area (TPSA) is 107 Å². The van der Waals surface area contributed by atoms with Crippen molar-refractivity contribution in [2.45, 2.75) is 0 Å². The van der Waals surface area contributed by atoms with Crippen LogP contribution in [0, 0.1) is 10.1 Å². The molecule has 2 aromatic carbocycles. The van der Waals surface area contributed by atoms with Gasteiger partial charge in [-0.25, -0.2) is 0 Å². The van der Waals surface area contributed by atoms with Crippen LogP contribution >= 0.6 is 11.7 Å². The summed E-state index contributed by atoms with van der Waals surface area (Å²) < 4.78 is 13.5. The molecule has 1 aromatic heterocycles. The fraction of sp³-hybridized carbons (Fsp3) is 0.0714. The Morgan fingerprint density at radius 2 is 2.09 bits per heavy atom. The Bertz CT molecular complexity index is 880. The molecule has 0 aliphatic heterocycles. The maximum absolute atomic E-state index is 12.0. The summed E-state index contributed by atoms with van der Waals surface area (Å²) in [5.74, 6) is -0.139. The molecule has 9 heteroatoms. The van der Waals surface area contributed by atoms with Crippen LogP contribution in [0.25, 0.3) is 11.0 Å². The monoisotopic (exact) mass is 330 g/mol. The number of benzene rings is 2. The highest BCUT2D eigenvalue weighted by Crippen LogP contribution is 2.21. The number of anilines is 1. The molecule has 0 fully saturated rings. The lowest BCUT2D eigenvalue weighted by molar-refractivity contribution is -0.384. The number of hydrogen-bond acceptors (Lipinski definition) is 7. The molecule has 0 unspecified atom stereocenters. The quantitative estimate of drug-likeness (QED) is 0.569. The van der Waals surface area contributed by atoms with Crippen molar-refractivity contribution >= 4 is 40.0 Å². The van der Waals surface area contributed by atoms with E-state index in [9.17, 15) is 14.9 Å². The molecule has 0 saturated heterocycles. The Kier molecular flexibility index (Phi) is 4.11. The van der Waals surface area contributed by atoms with Gasteiger partial charge in [0.05, 0.1) is 28.4 Å². The number of carbonyl (C=O) groups excluding carboxylic acids is 1. The molecular weight excluding hydrogens is 320 g/mol. The summed E-state index contributed by atoms with van der Waals surface area (Å²) in [5, 5.41) is 13.4. The van der Waals surface area contributed by atoms with E-state index in [-0.39, 0.29) is 18.0 Å². The van der Waals surface area contributed by atoms with Gasteiger partial charge in [-0.2, -0.15) is 8.75 Å². The van der Waals surface area contributed by atoms with E-state index in [1.165, 1.54) is 18.2 Å². The van der Waals surface area contributed by atoms with Gasteiger partial charge in [0, 0.05) is 6.07 Å². The number of non-ortho nitro benzene ring substituents is 1. The van der Waals surface area contributed by atoms with Gasteiger partial charge in [0.1, 0.15) is 16.8 Å². The summed E-state index contributed by atoms with van der Waals surface area (Å²) in [4.78, 5) is 22.1. The van der Waals surface area contributed by atoms with E-state index in [1.54, 1.807) is 24.3 Å². The van der Waals surface area contributed by atoms with Crippen LogP contribution in [0.5, 0.6) is 5.75 Å². The lowest BCUT2D eigenvalue weighted by Crippen LogP contribution is -2.20. The second-order valence-corrected chi connectivity index (χ2v) is 5.06. The van der Waals surface area contributed by atoms with Crippen LogP contribution < -0.4 is 10.1 Å². The molecule has 1 heterocycles. The molecule has 3 rings (SSSR count). The van der Waals surface area contributed by atoms with E-state index in [4.69, 9.17) is 4.74 Å². The largest absolute Gasteiger partial charge is 0.484 e. The first-order valence-corrected chi connectivity index (χ1v) is 7.25. The van der Waals surface area contributed by atoms with Gasteiger partial charge in [-0.15, -0.1) is 0 Å². The van der Waals surface area contributed by atoms with Gasteiger partial charge >= 0.3 is 0 Å². The molecule has 0 bridgehead atoms. The zero-order valence-electron chi connectivity index (χ0n) is 11.6. The van der Waals surface area contributed by atoms with Crippen LogP contribution in [0.15, 0.2) is 42.5 Å². The number of amides is 1. The van der Waals surface area contributed by atoms with E-state index in [0.29, 0.717) is 16.7 Å². The number of carbonyl (C=O) groups is 1. The minimum atomic E-state index is -0.525. The van der Waals surface area contributed by atoms with Crippen molar-refractivity contribution in [2.24, 2.45) is 0 Å². The third kappa shape index (κ3) is 3.40. The first-order valence-electron chi connectivity index (χ1n) is 6.52. The average Bonchev–Trinajstić information content (AvgIpc) is 3.03. The van der Waals surface area contributed by atoms with Crippen molar-refractivity contribution in [3.8, 4) is 5.75 Å². The van der Waals surface area contributed by atoms with Crippen LogP contribution in [-0.4, -0.2) is 26.2 Å². The van der Waals surface area contributed by atoms with E-state index >= 15 is 0 Å². The maximum atomic E-state index is 12.0. The first-order chi connectivity index (χ1) is 11.1. The molecule has 1 amide bonds. The fourth-order valence-corrected chi connectivity index (χ4v) is 2.48. The summed E-state index contributed by atoms with van der Waals surface area (Å²) >= 11 is 1.06. The average molecular weight is 330 g/mol. The third-order valence-corrected chi connectivity index (χ3v) is 3.50. The van der Waals surface area contributed by atoms with Gasteiger partial charge < -0.3 is 10.1 Å². The molecule has 116 valence electrons. The summed E-state index contributed by atoms with van der Waals surface area (Å²) in [5.41, 5.74) is 1.76. The van der Waals surface area contributed by atoms with Crippen LogP contribution in [0.1, 0.15) is 0 Å². The molecule has 0 aliphatic carbocycles. The van der Waals surface area contributed by atoms with Crippen LogP contribution in [-0.2, 0) is 4.79 Å². The highest BCUT2D eigenvalue weighted by Gasteiger charge is 2.11. The summed E-state index contributed by atoms with van der Waals surface area (Å²) in [6, 6.07) is 10.9. The number of aromatic nitrogens is 2. The number of nitro groups is 1. The summed E-state index contributed by atoms with van der Waals surface area (Å²) in [6.07, 6.45) is 0. The minimum Gasteiger partial charge on any atom is -0.484 e. The van der Waals surface area contributed by atoms with Gasteiger partial charge in [-0.05, 0) is 18.2 Å². The first kappa shape index (κ1) is 14.9. The molecule has 0 radical (unpaired) electrons. The molecular formula is C14H10N4O4S. The van der Waals surface area contributed by atoms with Crippen molar-refractivity contribution in [2.75, 3.05) is 11.9 Å². The SMILES string of the molecule is O=C(COc1cccc([N+](=O)[O-])c1)Nc1cccc2nsnc12. The second kappa shape index (κ2) is 6.36. The molecule has 3 aromatic rings. The Hall–Kier alpha value is -3.07. The van der Waals surface area contributed by atoms with Crippen molar-refractivity contribution < 1.29 is 14.5 Å². The minimum absolute atomic E-state index is 0.0961. The van der Waals surface area contributed by atoms with Gasteiger partial charge in [0.2, 0.25) is 0 Å². The van der Waals surface area contributed by atoms with Gasteiger partial charge in [0.15, 0.2) is 6.61 Å². The van der Waals surface area contributed by atoms with Crippen molar-refractivity contribution in [3.63, 3.8) is 0 Å². The van der Waals surface area contributed by atoms with Crippen molar-refractivity contribution in [3.05, 3.63) is 52.6 Å². The van der Waals surface area contributed by atoms with Crippen LogP contribution in [0.3, 0.4) is 0 Å². The Morgan fingerprint density at radius 3 is 2.91 bits per heavy atom. The van der Waals surface area contributed by atoms with E-state index in [1.807, 2.05) is 0 Å². The highest BCUT2D eigenvalue weighted by atomic mass is 32.1. The summed E-state index contributed by atoms with van der Waals surface area (Å²) in [6.45, 7) is -0.269.